The second-order valence-corrected chi connectivity index (χ2v) is 7.27. The van der Waals surface area contributed by atoms with E-state index in [0.29, 0.717) is 0 Å². The van der Waals surface area contributed by atoms with Crippen LogP contribution in [0, 0.1) is 6.92 Å². The Hall–Kier alpha value is -1.85. The molecule has 1 saturated heterocycles. The molecule has 1 saturated carbocycles. The molecule has 0 unspecified atom stereocenters. The molecule has 5 nitrogen and oxygen atoms in total. The van der Waals surface area contributed by atoms with Crippen LogP contribution in [0.5, 0.6) is 0 Å². The molecule has 0 radical (unpaired) electrons. The number of nitrogens with zero attached hydrogens (tertiary/aromatic N) is 3. The average Bonchev–Trinajstić information content (AvgIpc) is 2.89. The van der Waals surface area contributed by atoms with E-state index in [1.54, 1.807) is 0 Å². The minimum Gasteiger partial charge on any atom is -0.378 e. The molecule has 134 valence electrons. The van der Waals surface area contributed by atoms with Gasteiger partial charge in [0.15, 0.2) is 0 Å². The maximum atomic E-state index is 5.52. The predicted molar refractivity (Wildman–Crippen MR) is 99.8 cm³/mol. The third-order valence-corrected chi connectivity index (χ3v) is 5.76. The van der Waals surface area contributed by atoms with Gasteiger partial charge in [0.25, 0.3) is 0 Å². The van der Waals surface area contributed by atoms with Crippen molar-refractivity contribution < 1.29 is 4.74 Å². The molecule has 0 amide bonds. The highest BCUT2D eigenvalue weighted by Crippen LogP contribution is 2.41. The lowest BCUT2D eigenvalue weighted by Crippen LogP contribution is -2.48. The maximum Gasteiger partial charge on any atom is 0.131 e. The van der Waals surface area contributed by atoms with Crippen molar-refractivity contribution in [3.63, 3.8) is 0 Å². The van der Waals surface area contributed by atoms with Crippen LogP contribution >= 0.6 is 0 Å². The summed E-state index contributed by atoms with van der Waals surface area (Å²) in [5, 5.41) is 8.59. The van der Waals surface area contributed by atoms with Crippen molar-refractivity contribution in [3.05, 3.63) is 47.2 Å². The van der Waals surface area contributed by atoms with Crippen molar-refractivity contribution in [2.75, 3.05) is 31.2 Å². The fourth-order valence-electron chi connectivity index (χ4n) is 4.18. The van der Waals surface area contributed by atoms with Crippen molar-refractivity contribution in [3.8, 4) is 0 Å². The van der Waals surface area contributed by atoms with E-state index < -0.39 is 0 Å². The Kier molecular flexibility index (Phi) is 4.52. The Morgan fingerprint density at radius 3 is 2.52 bits per heavy atom. The van der Waals surface area contributed by atoms with Crippen molar-refractivity contribution in [2.45, 2.75) is 38.3 Å². The molecule has 1 aliphatic heterocycles. The van der Waals surface area contributed by atoms with Crippen LogP contribution in [0.15, 0.2) is 30.3 Å². The number of aromatic nitrogens is 2. The van der Waals surface area contributed by atoms with Gasteiger partial charge in [-0.15, -0.1) is 0 Å². The van der Waals surface area contributed by atoms with E-state index >= 15 is 0 Å². The van der Waals surface area contributed by atoms with Crippen LogP contribution in [0.3, 0.4) is 0 Å². The van der Waals surface area contributed by atoms with Crippen LogP contribution in [-0.2, 0) is 23.9 Å². The van der Waals surface area contributed by atoms with Gasteiger partial charge in [-0.2, -0.15) is 5.10 Å². The SMILES string of the molecule is Cc1nn(C)c(N2CCOCC2)c1CNC1(c2ccccc2)CCC1. The van der Waals surface area contributed by atoms with Crippen LogP contribution in [-0.4, -0.2) is 36.1 Å². The third-order valence-electron chi connectivity index (χ3n) is 5.76. The number of rotatable bonds is 5. The van der Waals surface area contributed by atoms with Crippen molar-refractivity contribution in [2.24, 2.45) is 7.05 Å². The standard InChI is InChI=1S/C20H28N4O/c1-16-18(19(23(2)22-16)24-11-13-25-14-12-24)15-21-20(9-6-10-20)17-7-4-3-5-8-17/h3-5,7-8,21H,6,9-15H2,1-2H3. The smallest absolute Gasteiger partial charge is 0.131 e. The largest absolute Gasteiger partial charge is 0.378 e. The summed E-state index contributed by atoms with van der Waals surface area (Å²) in [5.41, 5.74) is 3.99. The molecular weight excluding hydrogens is 312 g/mol. The zero-order valence-electron chi connectivity index (χ0n) is 15.3. The van der Waals surface area contributed by atoms with Gasteiger partial charge >= 0.3 is 0 Å². The molecule has 2 fully saturated rings. The molecule has 4 rings (SSSR count). The zero-order valence-corrected chi connectivity index (χ0v) is 15.3. The number of anilines is 1. The first-order valence-corrected chi connectivity index (χ1v) is 9.35. The minimum absolute atomic E-state index is 0.131. The second-order valence-electron chi connectivity index (χ2n) is 7.27. The topological polar surface area (TPSA) is 42.3 Å². The van der Waals surface area contributed by atoms with E-state index in [1.165, 1.54) is 36.2 Å². The Morgan fingerprint density at radius 1 is 1.16 bits per heavy atom. The van der Waals surface area contributed by atoms with Crippen molar-refractivity contribution >= 4 is 5.82 Å². The van der Waals surface area contributed by atoms with Crippen molar-refractivity contribution in [1.82, 2.24) is 15.1 Å². The maximum absolute atomic E-state index is 5.52. The number of ether oxygens (including phenoxy) is 1. The highest BCUT2D eigenvalue weighted by Gasteiger charge is 2.38. The Labute approximate surface area is 150 Å². The van der Waals surface area contributed by atoms with Gasteiger partial charge in [-0.3, -0.25) is 4.68 Å². The number of nitrogens with one attached hydrogen (secondary N) is 1. The van der Waals surface area contributed by atoms with Gasteiger partial charge in [0, 0.05) is 37.8 Å². The van der Waals surface area contributed by atoms with Crippen LogP contribution in [0.4, 0.5) is 5.82 Å². The van der Waals surface area contributed by atoms with E-state index in [-0.39, 0.29) is 5.54 Å². The Morgan fingerprint density at radius 2 is 1.88 bits per heavy atom. The molecule has 0 atom stereocenters. The summed E-state index contributed by atoms with van der Waals surface area (Å²) in [5.74, 6) is 1.25. The quantitative estimate of drug-likeness (QED) is 0.909. The van der Waals surface area contributed by atoms with Crippen molar-refractivity contribution in [1.29, 1.82) is 0 Å². The zero-order chi connectivity index (χ0) is 17.3. The molecule has 1 aliphatic carbocycles. The number of hydrogen-bond donors (Lipinski definition) is 1. The van der Waals surface area contributed by atoms with Crippen LogP contribution in [0.1, 0.15) is 36.1 Å². The summed E-state index contributed by atoms with van der Waals surface area (Å²) < 4.78 is 7.55. The van der Waals surface area contributed by atoms with E-state index in [1.807, 2.05) is 4.68 Å². The molecule has 1 N–H and O–H groups in total. The highest BCUT2D eigenvalue weighted by atomic mass is 16.5. The van der Waals surface area contributed by atoms with Gasteiger partial charge < -0.3 is 15.0 Å². The van der Waals surface area contributed by atoms with E-state index in [9.17, 15) is 0 Å². The van der Waals surface area contributed by atoms with Crippen LogP contribution in [0.25, 0.3) is 0 Å². The second kappa shape index (κ2) is 6.81. The number of aryl methyl sites for hydroxylation is 2. The van der Waals surface area contributed by atoms with Crippen LogP contribution in [0.2, 0.25) is 0 Å². The molecular formula is C20H28N4O. The summed E-state index contributed by atoms with van der Waals surface area (Å²) in [6.45, 7) is 6.46. The van der Waals surface area contributed by atoms with Gasteiger partial charge in [-0.1, -0.05) is 30.3 Å². The fourth-order valence-corrected chi connectivity index (χ4v) is 4.18. The van der Waals surface area contributed by atoms with E-state index in [0.717, 1.165) is 38.5 Å². The molecule has 1 aromatic carbocycles. The molecule has 2 heterocycles. The van der Waals surface area contributed by atoms with E-state index in [2.05, 4.69) is 54.5 Å². The number of benzene rings is 1. The summed E-state index contributed by atoms with van der Waals surface area (Å²) in [6, 6.07) is 10.9. The molecule has 1 aromatic heterocycles. The first-order chi connectivity index (χ1) is 12.2. The lowest BCUT2D eigenvalue weighted by Gasteiger charge is -2.43. The van der Waals surface area contributed by atoms with Gasteiger partial charge in [-0.05, 0) is 31.7 Å². The predicted octanol–water partition coefficient (Wildman–Crippen LogP) is 2.73. The summed E-state index contributed by atoms with van der Waals surface area (Å²) in [6.07, 6.45) is 3.72. The normalized spacial score (nSPS) is 19.7. The molecule has 2 aromatic rings. The van der Waals surface area contributed by atoms with Gasteiger partial charge in [0.2, 0.25) is 0 Å². The summed E-state index contributed by atoms with van der Waals surface area (Å²) in [4.78, 5) is 2.41. The monoisotopic (exact) mass is 340 g/mol. The Bertz CT molecular complexity index is 715. The average molecular weight is 340 g/mol. The Balaban J connectivity index is 1.56. The molecule has 0 spiro atoms. The van der Waals surface area contributed by atoms with E-state index in [4.69, 9.17) is 9.84 Å². The van der Waals surface area contributed by atoms with Gasteiger partial charge in [0.05, 0.1) is 18.9 Å². The highest BCUT2D eigenvalue weighted by molar-refractivity contribution is 5.50. The molecule has 5 heteroatoms. The third kappa shape index (κ3) is 3.07. The minimum atomic E-state index is 0.131. The molecule has 0 bridgehead atoms. The molecule has 25 heavy (non-hydrogen) atoms. The lowest BCUT2D eigenvalue weighted by atomic mass is 9.71. The summed E-state index contributed by atoms with van der Waals surface area (Å²) >= 11 is 0. The lowest BCUT2D eigenvalue weighted by molar-refractivity contribution is 0.122. The number of hydrogen-bond acceptors (Lipinski definition) is 4. The fraction of sp³-hybridized carbons (Fsp3) is 0.550. The first-order valence-electron chi connectivity index (χ1n) is 9.35. The first kappa shape index (κ1) is 16.6. The van der Waals surface area contributed by atoms with Gasteiger partial charge in [0.1, 0.15) is 5.82 Å². The summed E-state index contributed by atoms with van der Waals surface area (Å²) in [7, 11) is 2.05. The van der Waals surface area contributed by atoms with Crippen LogP contribution < -0.4 is 10.2 Å². The molecule has 2 aliphatic rings. The van der Waals surface area contributed by atoms with Gasteiger partial charge in [-0.25, -0.2) is 0 Å². The number of morpholine rings is 1.